The maximum absolute atomic E-state index is 13.1. The number of phosphoric ester groups is 2. The third kappa shape index (κ3) is 67.3. The second-order valence-electron chi connectivity index (χ2n) is 27.8. The van der Waals surface area contributed by atoms with E-state index in [1.807, 2.05) is 0 Å². The Kier molecular flexibility index (Phi) is 65.5. The molecule has 0 amide bonds. The predicted molar refractivity (Wildman–Crippen MR) is 381 cm³/mol. The number of phosphoric acid groups is 2. The molecule has 0 aliphatic heterocycles. The zero-order valence-corrected chi connectivity index (χ0v) is 63.1. The first-order valence-corrected chi connectivity index (χ1v) is 42.0. The Balaban J connectivity index is 5.27. The third-order valence-corrected chi connectivity index (χ3v) is 19.7. The van der Waals surface area contributed by atoms with Gasteiger partial charge < -0.3 is 33.8 Å². The van der Waals surface area contributed by atoms with Gasteiger partial charge in [-0.1, -0.05) is 337 Å². The van der Waals surface area contributed by atoms with E-state index in [4.69, 9.17) is 37.0 Å². The summed E-state index contributed by atoms with van der Waals surface area (Å²) in [6.45, 7) is 9.62. The highest BCUT2D eigenvalue weighted by Gasteiger charge is 2.30. The molecule has 17 nitrogen and oxygen atoms in total. The molecule has 3 N–H and O–H groups in total. The van der Waals surface area contributed by atoms with E-state index in [1.165, 1.54) is 205 Å². The number of hydrogen-bond donors (Lipinski definition) is 3. The van der Waals surface area contributed by atoms with Gasteiger partial charge in [-0.25, -0.2) is 9.13 Å². The number of carbonyl (C=O) groups is 4. The highest BCUT2D eigenvalue weighted by Crippen LogP contribution is 2.45. The lowest BCUT2D eigenvalue weighted by Crippen LogP contribution is -2.30. The Morgan fingerprint density at radius 2 is 0.543 bits per heavy atom. The van der Waals surface area contributed by atoms with Crippen molar-refractivity contribution in [2.24, 2.45) is 11.8 Å². The van der Waals surface area contributed by atoms with Gasteiger partial charge in [-0.2, -0.15) is 0 Å². The van der Waals surface area contributed by atoms with Crippen molar-refractivity contribution in [1.29, 1.82) is 0 Å². The summed E-state index contributed by atoms with van der Waals surface area (Å²) in [6.07, 6.45) is 53.8. The van der Waals surface area contributed by atoms with E-state index in [1.54, 1.807) is 0 Å². The van der Waals surface area contributed by atoms with E-state index in [-0.39, 0.29) is 25.7 Å². The maximum Gasteiger partial charge on any atom is 0.472 e. The van der Waals surface area contributed by atoms with Gasteiger partial charge in [0.05, 0.1) is 26.4 Å². The number of ether oxygens (including phenoxy) is 4. The molecule has 0 bridgehead atoms. The Bertz CT molecular complexity index is 1820. The molecule has 0 spiro atoms. The number of aliphatic hydroxyl groups is 1. The molecule has 0 aromatic heterocycles. The smallest absolute Gasteiger partial charge is 0.462 e. The minimum Gasteiger partial charge on any atom is -0.462 e. The van der Waals surface area contributed by atoms with Crippen LogP contribution in [0.5, 0.6) is 0 Å². The first-order valence-electron chi connectivity index (χ1n) is 39.0. The molecule has 0 rings (SSSR count). The molecular formula is C75H146O17P2. The van der Waals surface area contributed by atoms with Crippen molar-refractivity contribution in [2.45, 2.75) is 407 Å². The van der Waals surface area contributed by atoms with Crippen LogP contribution in [0.15, 0.2) is 0 Å². The van der Waals surface area contributed by atoms with E-state index in [0.717, 1.165) is 102 Å². The van der Waals surface area contributed by atoms with E-state index in [2.05, 4.69) is 41.5 Å². The molecule has 19 heteroatoms. The van der Waals surface area contributed by atoms with Crippen molar-refractivity contribution in [2.75, 3.05) is 39.6 Å². The molecule has 0 saturated carbocycles. The van der Waals surface area contributed by atoms with Crippen molar-refractivity contribution in [1.82, 2.24) is 0 Å². The molecule has 94 heavy (non-hydrogen) atoms. The van der Waals surface area contributed by atoms with Crippen molar-refractivity contribution in [3.63, 3.8) is 0 Å². The van der Waals surface area contributed by atoms with E-state index >= 15 is 0 Å². The van der Waals surface area contributed by atoms with Crippen LogP contribution in [0, 0.1) is 11.8 Å². The lowest BCUT2D eigenvalue weighted by molar-refractivity contribution is -0.161. The summed E-state index contributed by atoms with van der Waals surface area (Å²) in [6, 6.07) is 0. The Morgan fingerprint density at radius 3 is 0.809 bits per heavy atom. The van der Waals surface area contributed by atoms with Crippen LogP contribution in [0.25, 0.3) is 0 Å². The first kappa shape index (κ1) is 92.1. The van der Waals surface area contributed by atoms with Crippen molar-refractivity contribution in [3.05, 3.63) is 0 Å². The van der Waals surface area contributed by atoms with Gasteiger partial charge in [0.25, 0.3) is 0 Å². The van der Waals surface area contributed by atoms with Crippen LogP contribution >= 0.6 is 15.6 Å². The SMILES string of the molecule is CCCCCCCCCCCCCCCC(=O)OC[C@H](COP(=O)(O)OC[C@@H](O)COP(=O)(O)OC[C@@H](COC(=O)CCCCCCCCCCC(C)CC)OC(=O)CCCCCCCCCCCCCCC)OC(=O)CCCCCCCCCCCCCCCC(C)C. The highest BCUT2D eigenvalue weighted by atomic mass is 31.2. The molecule has 0 radical (unpaired) electrons. The van der Waals surface area contributed by atoms with Gasteiger partial charge in [-0.3, -0.25) is 37.3 Å². The van der Waals surface area contributed by atoms with Crippen molar-refractivity contribution >= 4 is 39.5 Å². The average molecular weight is 1380 g/mol. The van der Waals surface area contributed by atoms with Crippen LogP contribution < -0.4 is 0 Å². The molecule has 0 saturated heterocycles. The van der Waals surface area contributed by atoms with Crippen molar-refractivity contribution in [3.8, 4) is 0 Å². The predicted octanol–water partition coefficient (Wildman–Crippen LogP) is 21.9. The third-order valence-electron chi connectivity index (χ3n) is 17.8. The topological polar surface area (TPSA) is 237 Å². The summed E-state index contributed by atoms with van der Waals surface area (Å²) in [5.74, 6) is -0.550. The summed E-state index contributed by atoms with van der Waals surface area (Å²) in [7, 11) is -9.91. The Labute approximate surface area is 575 Å². The van der Waals surface area contributed by atoms with Gasteiger partial charge in [0.1, 0.15) is 19.3 Å². The molecule has 0 aliphatic rings. The highest BCUT2D eigenvalue weighted by molar-refractivity contribution is 7.47. The monoisotopic (exact) mass is 1380 g/mol. The molecule has 0 heterocycles. The quantitative estimate of drug-likeness (QED) is 0.0222. The number of aliphatic hydroxyl groups excluding tert-OH is 1. The van der Waals surface area contributed by atoms with Crippen LogP contribution in [-0.2, 0) is 65.4 Å². The largest absolute Gasteiger partial charge is 0.472 e. The molecule has 6 atom stereocenters. The van der Waals surface area contributed by atoms with Gasteiger partial charge in [0, 0.05) is 25.7 Å². The Hall–Kier alpha value is -1.94. The van der Waals surface area contributed by atoms with E-state index in [0.29, 0.717) is 25.7 Å². The summed E-state index contributed by atoms with van der Waals surface area (Å²) in [5, 5.41) is 10.6. The summed E-state index contributed by atoms with van der Waals surface area (Å²) < 4.78 is 68.5. The van der Waals surface area contributed by atoms with Crippen LogP contribution in [0.4, 0.5) is 0 Å². The average Bonchev–Trinajstić information content (AvgIpc) is 2.85. The number of carbonyl (C=O) groups excluding carboxylic acids is 4. The van der Waals surface area contributed by atoms with Crippen LogP contribution in [0.2, 0.25) is 0 Å². The molecule has 0 aromatic rings. The molecule has 0 aromatic carbocycles. The van der Waals surface area contributed by atoms with Crippen LogP contribution in [0.3, 0.4) is 0 Å². The first-order chi connectivity index (χ1) is 45.4. The second-order valence-corrected chi connectivity index (χ2v) is 30.7. The molecule has 0 aliphatic carbocycles. The molecule has 3 unspecified atom stereocenters. The van der Waals surface area contributed by atoms with E-state index < -0.39 is 97.5 Å². The maximum atomic E-state index is 13.1. The van der Waals surface area contributed by atoms with Gasteiger partial charge in [-0.05, 0) is 37.5 Å². The lowest BCUT2D eigenvalue weighted by Gasteiger charge is -2.21. The zero-order chi connectivity index (χ0) is 69.3. The summed E-state index contributed by atoms with van der Waals surface area (Å²) in [5.41, 5.74) is 0. The zero-order valence-electron chi connectivity index (χ0n) is 61.3. The number of unbranched alkanes of at least 4 members (excludes halogenated alkanes) is 43. The molecule has 0 fully saturated rings. The van der Waals surface area contributed by atoms with Gasteiger partial charge in [-0.15, -0.1) is 0 Å². The second kappa shape index (κ2) is 66.9. The Morgan fingerprint density at radius 1 is 0.309 bits per heavy atom. The molecule has 558 valence electrons. The fraction of sp³-hybridized carbons (Fsp3) is 0.947. The minimum absolute atomic E-state index is 0.107. The normalized spacial score (nSPS) is 14.3. The number of esters is 4. The summed E-state index contributed by atoms with van der Waals surface area (Å²) in [4.78, 5) is 72.8. The number of rotatable bonds is 74. The van der Waals surface area contributed by atoms with Crippen LogP contribution in [0.1, 0.15) is 388 Å². The fourth-order valence-electron chi connectivity index (χ4n) is 11.4. The van der Waals surface area contributed by atoms with Gasteiger partial charge in [0.2, 0.25) is 0 Å². The lowest BCUT2D eigenvalue weighted by atomic mass is 9.99. The van der Waals surface area contributed by atoms with Crippen LogP contribution in [-0.4, -0.2) is 96.7 Å². The minimum atomic E-state index is -4.96. The van der Waals surface area contributed by atoms with Gasteiger partial charge >= 0.3 is 39.5 Å². The summed E-state index contributed by atoms with van der Waals surface area (Å²) >= 11 is 0. The number of hydrogen-bond acceptors (Lipinski definition) is 15. The fourth-order valence-corrected chi connectivity index (χ4v) is 13.0. The standard InChI is InChI=1S/C75H146O17P2/c1-7-10-12-14-16-18-20-23-28-32-39-45-51-57-72(77)85-63-70(91-75(80)60-54-48-42-34-30-26-22-25-27-31-37-43-49-55-67(4)5)65-89-93(81,82)87-61-69(76)62-88-94(83,84)90-66-71(64-86-73(78)58-52-46-40-36-35-38-44-50-56-68(6)9-3)92-74(79)59-53-47-41-33-29-24-21-19-17-15-13-11-8-2/h67-71,76H,7-66H2,1-6H3,(H,81,82)(H,83,84)/t68?,69-,70-,71-/m1/s1. The molecular weight excluding hydrogens is 1230 g/mol. The van der Waals surface area contributed by atoms with Gasteiger partial charge in [0.15, 0.2) is 12.2 Å². The van der Waals surface area contributed by atoms with E-state index in [9.17, 15) is 43.2 Å². The van der Waals surface area contributed by atoms with Crippen molar-refractivity contribution < 1.29 is 80.2 Å².